The first kappa shape index (κ1) is 10.3. The van der Waals surface area contributed by atoms with Gasteiger partial charge in [-0.15, -0.1) is 0 Å². The van der Waals surface area contributed by atoms with Crippen LogP contribution in [-0.4, -0.2) is 21.7 Å². The van der Waals surface area contributed by atoms with Gasteiger partial charge in [0.25, 0.3) is 0 Å². The number of hydrogen-bond acceptors (Lipinski definition) is 3. The van der Waals surface area contributed by atoms with Crippen LogP contribution in [0.5, 0.6) is 0 Å². The van der Waals surface area contributed by atoms with Gasteiger partial charge in [0, 0.05) is 41.1 Å². The maximum atomic E-state index is 5.90. The molecule has 1 fully saturated rings. The van der Waals surface area contributed by atoms with Crippen molar-refractivity contribution in [2.75, 3.05) is 6.54 Å². The van der Waals surface area contributed by atoms with Gasteiger partial charge in [-0.25, -0.2) is 3.11 Å². The van der Waals surface area contributed by atoms with Gasteiger partial charge in [-0.2, -0.15) is 0 Å². The fourth-order valence-electron chi connectivity index (χ4n) is 1.47. The van der Waals surface area contributed by atoms with Crippen molar-refractivity contribution in [3.8, 4) is 0 Å². The summed E-state index contributed by atoms with van der Waals surface area (Å²) < 4.78 is 2.26. The van der Waals surface area contributed by atoms with Gasteiger partial charge in [0.05, 0.1) is 6.04 Å². The highest BCUT2D eigenvalue weighted by atomic mass is 127. The van der Waals surface area contributed by atoms with Gasteiger partial charge >= 0.3 is 0 Å². The summed E-state index contributed by atoms with van der Waals surface area (Å²) in [6, 6.07) is 0.479. The molecule has 0 spiro atoms. The highest BCUT2D eigenvalue weighted by Gasteiger charge is 2.24. The molecule has 1 heterocycles. The Labute approximate surface area is 87.7 Å². The lowest BCUT2D eigenvalue weighted by Crippen LogP contribution is -2.28. The van der Waals surface area contributed by atoms with E-state index >= 15 is 0 Å². The average molecular weight is 281 g/mol. The number of nitrogens with two attached hydrogens (primary N) is 2. The molecule has 4 N–H and O–H groups in total. The summed E-state index contributed by atoms with van der Waals surface area (Å²) in [7, 11) is 0. The second-order valence-corrected chi connectivity index (χ2v) is 4.55. The maximum Gasteiger partial charge on any atom is 0.0586 e. The largest absolute Gasteiger partial charge is 0.401 e. The Balaban J connectivity index is 2.56. The summed E-state index contributed by atoms with van der Waals surface area (Å²) in [4.78, 5) is 0. The van der Waals surface area contributed by atoms with Crippen LogP contribution in [0.4, 0.5) is 0 Å². The second-order valence-electron chi connectivity index (χ2n) is 3.31. The van der Waals surface area contributed by atoms with E-state index in [0.717, 1.165) is 18.7 Å². The minimum atomic E-state index is 0.0652. The molecule has 2 atom stereocenters. The van der Waals surface area contributed by atoms with Crippen molar-refractivity contribution in [2.24, 2.45) is 11.5 Å². The van der Waals surface area contributed by atoms with Crippen molar-refractivity contribution in [1.82, 2.24) is 3.11 Å². The van der Waals surface area contributed by atoms with Gasteiger partial charge in [-0.3, -0.25) is 0 Å². The van der Waals surface area contributed by atoms with Gasteiger partial charge in [0.1, 0.15) is 0 Å². The normalized spacial score (nSPS) is 29.2. The highest BCUT2D eigenvalue weighted by molar-refractivity contribution is 14.1. The third-order valence-corrected chi connectivity index (χ3v) is 3.18. The third kappa shape index (κ3) is 2.60. The first-order chi connectivity index (χ1) is 5.61. The Bertz CT molecular complexity index is 179. The molecule has 3 nitrogen and oxygen atoms in total. The van der Waals surface area contributed by atoms with Crippen LogP contribution in [0.25, 0.3) is 0 Å². The predicted octanol–water partition coefficient (Wildman–Crippen LogP) is 0.991. The van der Waals surface area contributed by atoms with Crippen molar-refractivity contribution in [3.05, 3.63) is 11.8 Å². The van der Waals surface area contributed by atoms with Crippen molar-refractivity contribution < 1.29 is 0 Å². The van der Waals surface area contributed by atoms with E-state index in [2.05, 4.69) is 26.0 Å². The Kier molecular flexibility index (Phi) is 3.79. The molecule has 1 unspecified atom stereocenters. The molecule has 1 aliphatic heterocycles. The minimum Gasteiger partial charge on any atom is -0.401 e. The molecule has 4 heteroatoms. The zero-order chi connectivity index (χ0) is 9.14. The van der Waals surface area contributed by atoms with Crippen LogP contribution in [-0.2, 0) is 0 Å². The quantitative estimate of drug-likeness (QED) is 0.586. The number of halogens is 1. The second kappa shape index (κ2) is 4.43. The first-order valence-electron chi connectivity index (χ1n) is 4.26. The summed E-state index contributed by atoms with van der Waals surface area (Å²) >= 11 is 2.33. The minimum absolute atomic E-state index is 0.0652. The molecular formula is C8H16IN3. The van der Waals surface area contributed by atoms with Crippen LogP contribution in [0.2, 0.25) is 0 Å². The number of rotatable bonds is 2. The molecular weight excluding hydrogens is 265 g/mol. The van der Waals surface area contributed by atoms with Crippen molar-refractivity contribution in [3.63, 3.8) is 0 Å². The lowest BCUT2D eigenvalue weighted by atomic mass is 10.1. The molecule has 0 radical (unpaired) electrons. The summed E-state index contributed by atoms with van der Waals surface area (Å²) in [5.41, 5.74) is 12.5. The molecule has 1 aliphatic rings. The van der Waals surface area contributed by atoms with Crippen molar-refractivity contribution in [2.45, 2.75) is 31.8 Å². The van der Waals surface area contributed by atoms with Gasteiger partial charge in [-0.05, 0) is 25.8 Å². The zero-order valence-electron chi connectivity index (χ0n) is 7.33. The number of hydrogen-bond donors (Lipinski definition) is 2. The molecule has 1 rings (SSSR count). The van der Waals surface area contributed by atoms with E-state index in [9.17, 15) is 0 Å². The predicted molar refractivity (Wildman–Crippen MR) is 59.7 cm³/mol. The lowest BCUT2D eigenvalue weighted by molar-refractivity contribution is 0.518. The van der Waals surface area contributed by atoms with E-state index in [4.69, 9.17) is 11.5 Å². The monoisotopic (exact) mass is 281 g/mol. The Morgan fingerprint density at radius 1 is 1.75 bits per heavy atom. The fourth-order valence-corrected chi connectivity index (χ4v) is 2.42. The van der Waals surface area contributed by atoms with Crippen LogP contribution in [0.1, 0.15) is 19.8 Å². The van der Waals surface area contributed by atoms with Crippen LogP contribution in [0, 0.1) is 0 Å². The Hall–Kier alpha value is 0.190. The molecule has 0 aromatic carbocycles. The van der Waals surface area contributed by atoms with Crippen molar-refractivity contribution >= 4 is 22.9 Å². The average Bonchev–Trinajstić information content (AvgIpc) is 2.33. The van der Waals surface area contributed by atoms with Gasteiger partial charge in [0.2, 0.25) is 0 Å². The van der Waals surface area contributed by atoms with Crippen LogP contribution in [0.15, 0.2) is 11.8 Å². The van der Waals surface area contributed by atoms with Gasteiger partial charge in [-0.1, -0.05) is 0 Å². The SMILES string of the molecule is CC(N)/C=C(\N)[C@@H]1CCCN1I. The maximum absolute atomic E-state index is 5.90. The lowest BCUT2D eigenvalue weighted by Gasteiger charge is -2.18. The smallest absolute Gasteiger partial charge is 0.0586 e. The first-order valence-corrected chi connectivity index (χ1v) is 5.23. The van der Waals surface area contributed by atoms with E-state index in [1.165, 1.54) is 6.42 Å². The molecule has 12 heavy (non-hydrogen) atoms. The van der Waals surface area contributed by atoms with E-state index < -0.39 is 0 Å². The Morgan fingerprint density at radius 3 is 2.83 bits per heavy atom. The summed E-state index contributed by atoms with van der Waals surface area (Å²) in [6.45, 7) is 3.08. The molecule has 0 aromatic rings. The van der Waals surface area contributed by atoms with E-state index in [-0.39, 0.29) is 6.04 Å². The van der Waals surface area contributed by atoms with E-state index in [1.54, 1.807) is 0 Å². The molecule has 0 saturated carbocycles. The number of nitrogens with zero attached hydrogens (tertiary/aromatic N) is 1. The van der Waals surface area contributed by atoms with E-state index in [1.807, 2.05) is 13.0 Å². The summed E-state index contributed by atoms with van der Waals surface area (Å²) in [5, 5.41) is 0. The van der Waals surface area contributed by atoms with Crippen molar-refractivity contribution in [1.29, 1.82) is 0 Å². The van der Waals surface area contributed by atoms with Crippen LogP contribution in [0.3, 0.4) is 0 Å². The molecule has 0 amide bonds. The van der Waals surface area contributed by atoms with Crippen LogP contribution < -0.4 is 11.5 Å². The summed E-state index contributed by atoms with van der Waals surface area (Å²) in [5.74, 6) is 0. The van der Waals surface area contributed by atoms with Gasteiger partial charge in [0.15, 0.2) is 0 Å². The molecule has 70 valence electrons. The fraction of sp³-hybridized carbons (Fsp3) is 0.750. The van der Waals surface area contributed by atoms with Gasteiger partial charge < -0.3 is 11.5 Å². The van der Waals surface area contributed by atoms with E-state index in [0.29, 0.717) is 6.04 Å². The molecule has 0 bridgehead atoms. The molecule has 0 aromatic heterocycles. The highest BCUT2D eigenvalue weighted by Crippen LogP contribution is 2.24. The third-order valence-electron chi connectivity index (χ3n) is 2.03. The van der Waals surface area contributed by atoms with Crippen LogP contribution >= 0.6 is 22.9 Å². The molecule has 0 aliphatic carbocycles. The zero-order valence-corrected chi connectivity index (χ0v) is 9.49. The standard InChI is InChI=1S/C8H16IN3/c1-6(10)5-7(11)8-3-2-4-12(8)9/h5-6,8H,2-4,10-11H2,1H3/b7-5-/t6?,8-/m0/s1. The topological polar surface area (TPSA) is 55.3 Å². The Morgan fingerprint density at radius 2 is 2.42 bits per heavy atom. The summed E-state index contributed by atoms with van der Waals surface area (Å²) in [6.07, 6.45) is 4.35. The molecule has 1 saturated heterocycles.